The summed E-state index contributed by atoms with van der Waals surface area (Å²) >= 11 is 0. The van der Waals surface area contributed by atoms with Crippen molar-refractivity contribution in [3.05, 3.63) is 17.8 Å². The fourth-order valence-corrected chi connectivity index (χ4v) is 1.69. The molecule has 6 heteroatoms. The molecule has 1 fully saturated rings. The molecule has 0 spiro atoms. The highest BCUT2D eigenvalue weighted by atomic mass is 16.5. The van der Waals surface area contributed by atoms with Crippen LogP contribution < -0.4 is 5.32 Å². The van der Waals surface area contributed by atoms with Crippen molar-refractivity contribution < 1.29 is 14.3 Å². The molecule has 1 aromatic rings. The van der Waals surface area contributed by atoms with E-state index in [-0.39, 0.29) is 11.2 Å². The van der Waals surface area contributed by atoms with Gasteiger partial charge in [0.25, 0.3) is 0 Å². The Hall–Kier alpha value is -1.69. The monoisotopic (exact) mass is 237 g/mol. The minimum atomic E-state index is -0.487. The number of hydrogen-bond acceptors (Lipinski definition) is 6. The molecule has 17 heavy (non-hydrogen) atoms. The van der Waals surface area contributed by atoms with Gasteiger partial charge < -0.3 is 14.8 Å². The van der Waals surface area contributed by atoms with Crippen molar-refractivity contribution in [3.8, 4) is 0 Å². The van der Waals surface area contributed by atoms with E-state index in [1.807, 2.05) is 0 Å². The van der Waals surface area contributed by atoms with E-state index in [9.17, 15) is 4.79 Å². The Morgan fingerprint density at radius 1 is 1.53 bits per heavy atom. The van der Waals surface area contributed by atoms with Crippen LogP contribution in [0.3, 0.4) is 0 Å². The minimum Gasteiger partial charge on any atom is -0.464 e. The van der Waals surface area contributed by atoms with Crippen LogP contribution in [0, 0.1) is 0 Å². The third-order valence-electron chi connectivity index (χ3n) is 2.71. The van der Waals surface area contributed by atoms with Gasteiger partial charge in [-0.1, -0.05) is 0 Å². The quantitative estimate of drug-likeness (QED) is 0.786. The van der Waals surface area contributed by atoms with Gasteiger partial charge >= 0.3 is 5.97 Å². The fourth-order valence-electron chi connectivity index (χ4n) is 1.69. The summed E-state index contributed by atoms with van der Waals surface area (Å²) in [5.41, 5.74) is 0.0902. The van der Waals surface area contributed by atoms with Gasteiger partial charge in [-0.05, 0) is 25.5 Å². The Morgan fingerprint density at radius 3 is 2.88 bits per heavy atom. The van der Waals surface area contributed by atoms with Crippen molar-refractivity contribution >= 4 is 11.8 Å². The number of esters is 1. The molecule has 2 rings (SSSR count). The molecule has 1 aliphatic rings. The Labute approximate surface area is 99.3 Å². The van der Waals surface area contributed by atoms with Crippen LogP contribution in [0.15, 0.2) is 12.1 Å². The zero-order valence-corrected chi connectivity index (χ0v) is 9.90. The van der Waals surface area contributed by atoms with Gasteiger partial charge in [0.2, 0.25) is 0 Å². The van der Waals surface area contributed by atoms with Crippen molar-refractivity contribution in [2.45, 2.75) is 18.9 Å². The SMILES string of the molecule is COC(=O)c1ccc(NC2(C)CCOC2)nn1. The maximum atomic E-state index is 11.2. The van der Waals surface area contributed by atoms with E-state index in [1.165, 1.54) is 7.11 Å². The molecule has 0 saturated carbocycles. The van der Waals surface area contributed by atoms with Crippen molar-refractivity contribution in [2.24, 2.45) is 0 Å². The third-order valence-corrected chi connectivity index (χ3v) is 2.71. The van der Waals surface area contributed by atoms with Crippen LogP contribution in [0.25, 0.3) is 0 Å². The van der Waals surface area contributed by atoms with Crippen LogP contribution in [-0.2, 0) is 9.47 Å². The summed E-state index contributed by atoms with van der Waals surface area (Å²) in [5, 5.41) is 11.0. The summed E-state index contributed by atoms with van der Waals surface area (Å²) in [4.78, 5) is 11.2. The normalized spacial score (nSPS) is 23.4. The summed E-state index contributed by atoms with van der Waals surface area (Å²) in [6.45, 7) is 3.46. The Bertz CT molecular complexity index is 399. The third kappa shape index (κ3) is 2.71. The molecule has 0 radical (unpaired) electrons. The summed E-state index contributed by atoms with van der Waals surface area (Å²) < 4.78 is 9.87. The van der Waals surface area contributed by atoms with Gasteiger partial charge in [-0.2, -0.15) is 0 Å². The topological polar surface area (TPSA) is 73.3 Å². The minimum absolute atomic E-state index is 0.110. The largest absolute Gasteiger partial charge is 0.464 e. The first-order valence-electron chi connectivity index (χ1n) is 5.41. The van der Waals surface area contributed by atoms with Gasteiger partial charge in [0.1, 0.15) is 5.82 Å². The molecule has 1 atom stereocenters. The smallest absolute Gasteiger partial charge is 0.358 e. The first-order valence-corrected chi connectivity index (χ1v) is 5.41. The fraction of sp³-hybridized carbons (Fsp3) is 0.545. The van der Waals surface area contributed by atoms with Gasteiger partial charge in [-0.25, -0.2) is 4.79 Å². The molecule has 0 aliphatic carbocycles. The van der Waals surface area contributed by atoms with Crippen LogP contribution in [0.4, 0.5) is 5.82 Å². The lowest BCUT2D eigenvalue weighted by molar-refractivity contribution is 0.0593. The van der Waals surface area contributed by atoms with E-state index < -0.39 is 5.97 Å². The molecule has 92 valence electrons. The number of carbonyl (C=O) groups is 1. The second-order valence-electron chi connectivity index (χ2n) is 4.28. The number of nitrogens with zero attached hydrogens (tertiary/aromatic N) is 2. The molecule has 1 saturated heterocycles. The highest BCUT2D eigenvalue weighted by molar-refractivity contribution is 5.86. The van der Waals surface area contributed by atoms with Gasteiger partial charge in [0.15, 0.2) is 5.69 Å². The second kappa shape index (κ2) is 4.67. The first-order chi connectivity index (χ1) is 8.13. The molecule has 0 bridgehead atoms. The lowest BCUT2D eigenvalue weighted by atomic mass is 10.0. The van der Waals surface area contributed by atoms with E-state index in [0.29, 0.717) is 12.4 Å². The van der Waals surface area contributed by atoms with Crippen LogP contribution in [-0.4, -0.2) is 42.0 Å². The molecular weight excluding hydrogens is 222 g/mol. The predicted molar refractivity (Wildman–Crippen MR) is 60.8 cm³/mol. The van der Waals surface area contributed by atoms with Crippen LogP contribution in [0.2, 0.25) is 0 Å². The molecule has 2 heterocycles. The summed E-state index contributed by atoms with van der Waals surface area (Å²) in [7, 11) is 1.31. The number of anilines is 1. The van der Waals surface area contributed by atoms with E-state index in [4.69, 9.17) is 4.74 Å². The summed E-state index contributed by atoms with van der Waals surface area (Å²) in [6.07, 6.45) is 0.924. The molecule has 1 N–H and O–H groups in total. The van der Waals surface area contributed by atoms with E-state index in [0.717, 1.165) is 13.0 Å². The average Bonchev–Trinajstić information content (AvgIpc) is 2.76. The average molecular weight is 237 g/mol. The number of rotatable bonds is 3. The van der Waals surface area contributed by atoms with Gasteiger partial charge in [-0.15, -0.1) is 10.2 Å². The number of ether oxygens (including phenoxy) is 2. The standard InChI is InChI=1S/C11H15N3O3/c1-11(5-6-17-7-11)12-9-4-3-8(13-14-9)10(15)16-2/h3-4H,5-7H2,1-2H3,(H,12,14). The van der Waals surface area contributed by atoms with Crippen molar-refractivity contribution in [1.29, 1.82) is 0 Å². The lowest BCUT2D eigenvalue weighted by Crippen LogP contribution is -2.35. The molecule has 1 aromatic heterocycles. The molecule has 1 aliphatic heterocycles. The lowest BCUT2D eigenvalue weighted by Gasteiger charge is -2.23. The van der Waals surface area contributed by atoms with Crippen molar-refractivity contribution in [1.82, 2.24) is 10.2 Å². The maximum absolute atomic E-state index is 11.2. The van der Waals surface area contributed by atoms with E-state index in [1.54, 1.807) is 12.1 Å². The van der Waals surface area contributed by atoms with Crippen LogP contribution in [0.1, 0.15) is 23.8 Å². The first kappa shape index (κ1) is 11.8. The number of nitrogens with one attached hydrogen (secondary N) is 1. The van der Waals surface area contributed by atoms with Gasteiger partial charge in [0.05, 0.1) is 19.3 Å². The zero-order chi connectivity index (χ0) is 12.3. The van der Waals surface area contributed by atoms with Crippen LogP contribution in [0.5, 0.6) is 0 Å². The zero-order valence-electron chi connectivity index (χ0n) is 9.90. The molecule has 6 nitrogen and oxygen atoms in total. The molecule has 0 amide bonds. The number of aromatic nitrogens is 2. The van der Waals surface area contributed by atoms with E-state index >= 15 is 0 Å². The van der Waals surface area contributed by atoms with E-state index in [2.05, 4.69) is 27.2 Å². The van der Waals surface area contributed by atoms with Crippen molar-refractivity contribution in [2.75, 3.05) is 25.6 Å². The number of methoxy groups -OCH3 is 1. The summed E-state index contributed by atoms with van der Waals surface area (Å²) in [6, 6.07) is 3.29. The predicted octanol–water partition coefficient (Wildman–Crippen LogP) is 0.854. The Morgan fingerprint density at radius 2 is 2.35 bits per heavy atom. The summed E-state index contributed by atoms with van der Waals surface area (Å²) in [5.74, 6) is 0.144. The molecular formula is C11H15N3O3. The Balaban J connectivity index is 2.05. The second-order valence-corrected chi connectivity index (χ2v) is 4.28. The van der Waals surface area contributed by atoms with Crippen LogP contribution >= 0.6 is 0 Å². The highest BCUT2D eigenvalue weighted by Crippen LogP contribution is 2.22. The maximum Gasteiger partial charge on any atom is 0.358 e. The molecule has 1 unspecified atom stereocenters. The highest BCUT2D eigenvalue weighted by Gasteiger charge is 2.29. The van der Waals surface area contributed by atoms with Gasteiger partial charge in [-0.3, -0.25) is 0 Å². The molecule has 0 aromatic carbocycles. The number of hydrogen-bond donors (Lipinski definition) is 1. The Kier molecular flexibility index (Phi) is 3.23. The van der Waals surface area contributed by atoms with Crippen molar-refractivity contribution in [3.63, 3.8) is 0 Å². The number of carbonyl (C=O) groups excluding carboxylic acids is 1. The van der Waals surface area contributed by atoms with Gasteiger partial charge in [0, 0.05) is 6.61 Å².